The predicted octanol–water partition coefficient (Wildman–Crippen LogP) is 4.41. The van der Waals surface area contributed by atoms with Gasteiger partial charge in [-0.3, -0.25) is 0 Å². The first-order valence-electron chi connectivity index (χ1n) is 6.38. The Morgan fingerprint density at radius 1 is 1.16 bits per heavy atom. The van der Waals surface area contributed by atoms with Crippen LogP contribution in [0.2, 0.25) is 10.0 Å². The van der Waals surface area contributed by atoms with Gasteiger partial charge in [0.25, 0.3) is 0 Å². The van der Waals surface area contributed by atoms with E-state index in [9.17, 15) is 0 Å². The quantitative estimate of drug-likeness (QED) is 0.908. The molecular weight excluding hydrogens is 281 g/mol. The number of aryl methyl sites for hydroxylation is 1. The molecule has 0 spiro atoms. The summed E-state index contributed by atoms with van der Waals surface area (Å²) in [5.74, 6) is 1.68. The molecule has 0 aliphatic rings. The van der Waals surface area contributed by atoms with E-state index in [-0.39, 0.29) is 0 Å². The van der Waals surface area contributed by atoms with E-state index in [4.69, 9.17) is 28.9 Å². The van der Waals surface area contributed by atoms with Crippen LogP contribution >= 0.6 is 23.2 Å². The molecule has 0 saturated carbocycles. The Kier molecular flexibility index (Phi) is 4.38. The molecule has 1 heterocycles. The third kappa shape index (κ3) is 2.88. The molecule has 2 rings (SSSR count). The summed E-state index contributed by atoms with van der Waals surface area (Å²) in [7, 11) is 0. The second-order valence-corrected chi connectivity index (χ2v) is 5.29. The number of imidazole rings is 1. The first kappa shape index (κ1) is 14.2. The lowest BCUT2D eigenvalue weighted by Crippen LogP contribution is -2.05. The van der Waals surface area contributed by atoms with Crippen LogP contribution in [-0.4, -0.2) is 9.55 Å². The van der Waals surface area contributed by atoms with Crippen LogP contribution in [0.3, 0.4) is 0 Å². The van der Waals surface area contributed by atoms with Gasteiger partial charge in [0.05, 0.1) is 0 Å². The molecule has 0 aliphatic heterocycles. The molecule has 1 aromatic carbocycles. The molecule has 0 aliphatic carbocycles. The Morgan fingerprint density at radius 3 is 2.32 bits per heavy atom. The summed E-state index contributed by atoms with van der Waals surface area (Å²) >= 11 is 12.1. The number of hydrogen-bond acceptors (Lipinski definition) is 2. The molecular formula is C14H17Cl2N3. The van der Waals surface area contributed by atoms with Crippen molar-refractivity contribution in [1.29, 1.82) is 0 Å². The normalized spacial score (nSPS) is 10.9. The summed E-state index contributed by atoms with van der Waals surface area (Å²) in [6, 6.07) is 5.37. The van der Waals surface area contributed by atoms with Crippen LogP contribution in [0.15, 0.2) is 18.2 Å². The second kappa shape index (κ2) is 5.85. The molecule has 0 atom stereocenters. The van der Waals surface area contributed by atoms with Gasteiger partial charge in [0.15, 0.2) is 0 Å². The van der Waals surface area contributed by atoms with Crippen LogP contribution in [0.1, 0.15) is 26.1 Å². The van der Waals surface area contributed by atoms with Crippen molar-refractivity contribution in [1.82, 2.24) is 9.55 Å². The van der Waals surface area contributed by atoms with E-state index in [0.29, 0.717) is 15.9 Å². The zero-order valence-electron chi connectivity index (χ0n) is 11.1. The molecule has 5 heteroatoms. The molecule has 2 N–H and O–H groups in total. The number of aromatic nitrogens is 2. The van der Waals surface area contributed by atoms with E-state index in [2.05, 4.69) is 18.8 Å². The molecule has 2 aromatic rings. The number of nitrogen functional groups attached to an aromatic ring is 1. The third-order valence-electron chi connectivity index (χ3n) is 3.01. The average Bonchev–Trinajstić information content (AvgIpc) is 2.65. The Hall–Kier alpha value is -1.19. The Balaban J connectivity index is 2.55. The molecule has 102 valence electrons. The number of anilines is 1. The van der Waals surface area contributed by atoms with Gasteiger partial charge in [-0.1, -0.05) is 30.1 Å². The Labute approximate surface area is 123 Å². The zero-order chi connectivity index (χ0) is 14.0. The monoisotopic (exact) mass is 297 g/mol. The van der Waals surface area contributed by atoms with Crippen LogP contribution in [0.5, 0.6) is 0 Å². The maximum Gasteiger partial charge on any atom is 0.131 e. The fraction of sp³-hybridized carbons (Fsp3) is 0.357. The molecule has 0 saturated heterocycles. The molecule has 1 aromatic heterocycles. The number of rotatable bonds is 4. The lowest BCUT2D eigenvalue weighted by molar-refractivity contribution is 0.690. The summed E-state index contributed by atoms with van der Waals surface area (Å²) in [5, 5.41) is 1.18. The molecule has 19 heavy (non-hydrogen) atoms. The summed E-state index contributed by atoms with van der Waals surface area (Å²) in [6.45, 7) is 5.00. The highest BCUT2D eigenvalue weighted by molar-refractivity contribution is 6.35. The lowest BCUT2D eigenvalue weighted by atomic mass is 10.1. The molecule has 0 fully saturated rings. The molecule has 3 nitrogen and oxygen atoms in total. The lowest BCUT2D eigenvalue weighted by Gasteiger charge is -2.05. The first-order chi connectivity index (χ1) is 9.06. The number of nitrogens with zero attached hydrogens (tertiary/aromatic N) is 2. The van der Waals surface area contributed by atoms with Gasteiger partial charge < -0.3 is 10.3 Å². The van der Waals surface area contributed by atoms with Crippen molar-refractivity contribution in [2.75, 3.05) is 5.73 Å². The number of halogens is 2. The number of hydrogen-bond donors (Lipinski definition) is 1. The smallest absolute Gasteiger partial charge is 0.131 e. The highest BCUT2D eigenvalue weighted by Crippen LogP contribution is 2.31. The Bertz CT molecular complexity index is 570. The molecule has 0 amide bonds. The topological polar surface area (TPSA) is 43.8 Å². The molecule has 0 bridgehead atoms. The van der Waals surface area contributed by atoms with Gasteiger partial charge in [-0.2, -0.15) is 0 Å². The van der Waals surface area contributed by atoms with Crippen molar-refractivity contribution < 1.29 is 0 Å². The highest BCUT2D eigenvalue weighted by Gasteiger charge is 2.15. The van der Waals surface area contributed by atoms with Gasteiger partial charge in [-0.25, -0.2) is 4.98 Å². The summed E-state index contributed by atoms with van der Waals surface area (Å²) in [5.41, 5.74) is 7.81. The van der Waals surface area contributed by atoms with E-state index in [1.165, 1.54) is 0 Å². The second-order valence-electron chi connectivity index (χ2n) is 4.41. The van der Waals surface area contributed by atoms with Crippen molar-refractivity contribution in [3.05, 3.63) is 34.1 Å². The van der Waals surface area contributed by atoms with Gasteiger partial charge in [0.2, 0.25) is 0 Å². The van der Waals surface area contributed by atoms with Crippen molar-refractivity contribution >= 4 is 29.0 Å². The Morgan fingerprint density at radius 2 is 1.79 bits per heavy atom. The SMILES string of the molecule is CCCc1nc(-c2cc(Cl)cc(Cl)c2)c(N)n1CC. The van der Waals surface area contributed by atoms with Crippen LogP contribution in [0, 0.1) is 0 Å². The van der Waals surface area contributed by atoms with Gasteiger partial charge in [-0.15, -0.1) is 0 Å². The van der Waals surface area contributed by atoms with Crippen molar-refractivity contribution in [3.63, 3.8) is 0 Å². The van der Waals surface area contributed by atoms with E-state index in [0.717, 1.165) is 36.5 Å². The maximum atomic E-state index is 6.19. The largest absolute Gasteiger partial charge is 0.383 e. The van der Waals surface area contributed by atoms with Crippen molar-refractivity contribution in [2.45, 2.75) is 33.2 Å². The van der Waals surface area contributed by atoms with Crippen LogP contribution in [0.25, 0.3) is 11.3 Å². The molecule has 0 unspecified atom stereocenters. The van der Waals surface area contributed by atoms with E-state index < -0.39 is 0 Å². The van der Waals surface area contributed by atoms with Gasteiger partial charge in [-0.05, 0) is 31.5 Å². The van der Waals surface area contributed by atoms with Crippen LogP contribution in [0.4, 0.5) is 5.82 Å². The minimum atomic E-state index is 0.588. The summed E-state index contributed by atoms with van der Waals surface area (Å²) in [6.07, 6.45) is 1.94. The van der Waals surface area contributed by atoms with Gasteiger partial charge in [0, 0.05) is 28.6 Å². The van der Waals surface area contributed by atoms with E-state index >= 15 is 0 Å². The fourth-order valence-corrected chi connectivity index (χ4v) is 2.71. The standard InChI is InChI=1S/C14H17Cl2N3/c1-3-5-12-18-13(14(17)19(12)4-2)9-6-10(15)8-11(16)7-9/h6-8H,3-5,17H2,1-2H3. The predicted molar refractivity (Wildman–Crippen MR) is 81.8 cm³/mol. The van der Waals surface area contributed by atoms with Crippen LogP contribution < -0.4 is 5.73 Å². The van der Waals surface area contributed by atoms with Gasteiger partial charge in [0.1, 0.15) is 17.3 Å². The van der Waals surface area contributed by atoms with E-state index in [1.54, 1.807) is 6.07 Å². The first-order valence-corrected chi connectivity index (χ1v) is 7.13. The summed E-state index contributed by atoms with van der Waals surface area (Å²) in [4.78, 5) is 4.64. The average molecular weight is 298 g/mol. The maximum absolute atomic E-state index is 6.19. The number of benzene rings is 1. The van der Waals surface area contributed by atoms with Crippen molar-refractivity contribution in [2.24, 2.45) is 0 Å². The highest BCUT2D eigenvalue weighted by atomic mass is 35.5. The number of nitrogens with two attached hydrogens (primary N) is 1. The molecule has 0 radical (unpaired) electrons. The zero-order valence-corrected chi connectivity index (χ0v) is 12.6. The minimum absolute atomic E-state index is 0.588. The summed E-state index contributed by atoms with van der Waals surface area (Å²) < 4.78 is 2.04. The van der Waals surface area contributed by atoms with Crippen molar-refractivity contribution in [3.8, 4) is 11.3 Å². The van der Waals surface area contributed by atoms with Gasteiger partial charge >= 0.3 is 0 Å². The van der Waals surface area contributed by atoms with Crippen LogP contribution in [-0.2, 0) is 13.0 Å². The fourth-order valence-electron chi connectivity index (χ4n) is 2.18. The minimum Gasteiger partial charge on any atom is -0.383 e. The third-order valence-corrected chi connectivity index (χ3v) is 3.45. The van der Waals surface area contributed by atoms with E-state index in [1.807, 2.05) is 16.7 Å².